The van der Waals surface area contributed by atoms with Crippen LogP contribution in [-0.4, -0.2) is 22.6 Å². The fraction of sp³-hybridized carbons (Fsp3) is 0.467. The summed E-state index contributed by atoms with van der Waals surface area (Å²) in [6.07, 6.45) is 6.27. The van der Waals surface area contributed by atoms with Gasteiger partial charge in [-0.05, 0) is 70.9 Å². The van der Waals surface area contributed by atoms with Gasteiger partial charge in [0.2, 0.25) is 0 Å². The van der Waals surface area contributed by atoms with Crippen LogP contribution in [0.4, 0.5) is 8.78 Å². The Bertz CT molecular complexity index is 779. The van der Waals surface area contributed by atoms with Crippen LogP contribution in [-0.2, 0) is 29.3 Å². The molecule has 0 heterocycles. The Morgan fingerprint density at radius 2 is 0.784 bits per heavy atom. The summed E-state index contributed by atoms with van der Waals surface area (Å²) in [5.74, 6) is 4.41. The standard InChI is InChI=1S/2C15H22FP.2ClH.Ni/c2*1-12(2)17(13(3)4)11-5-6-14-7-9-15(16)10-8-14;;;/h2*5,7-13H,6H2,1-4H3;2*1H;/q;;;;+2/p-2. The first-order valence-electron chi connectivity index (χ1n) is 12.4. The van der Waals surface area contributed by atoms with Crippen molar-refractivity contribution in [3.8, 4) is 0 Å². The normalized spacial score (nSPS) is 11.2. The molecule has 0 unspecified atom stereocenters. The molecule has 0 atom stereocenters. The number of allylic oxidation sites excluding steroid dienone is 2. The van der Waals surface area contributed by atoms with E-state index in [1.54, 1.807) is 0 Å². The molecule has 0 spiro atoms. The molecular formula is C30H44Cl2F2NiP2. The van der Waals surface area contributed by atoms with E-state index < -0.39 is 0 Å². The summed E-state index contributed by atoms with van der Waals surface area (Å²) in [4.78, 5) is 0. The summed E-state index contributed by atoms with van der Waals surface area (Å²) < 4.78 is 25.5. The maximum atomic E-state index is 12.7. The summed E-state index contributed by atoms with van der Waals surface area (Å²) in [5, 5.41) is 0. The summed E-state index contributed by atoms with van der Waals surface area (Å²) >= 11 is 0. The average molecular weight is 634 g/mol. The largest absolute Gasteiger partial charge is 2.00 e. The number of benzene rings is 2. The van der Waals surface area contributed by atoms with Gasteiger partial charge in [0, 0.05) is 0 Å². The molecule has 0 saturated carbocycles. The molecule has 2 aromatic carbocycles. The first-order valence-corrected chi connectivity index (χ1v) is 15.5. The van der Waals surface area contributed by atoms with Crippen molar-refractivity contribution in [2.75, 3.05) is 0 Å². The predicted octanol–water partition coefficient (Wildman–Crippen LogP) is 4.37. The van der Waals surface area contributed by atoms with Gasteiger partial charge in [-0.1, -0.05) is 119 Å². The van der Waals surface area contributed by atoms with Crippen LogP contribution in [0.25, 0.3) is 0 Å². The molecule has 0 aliphatic carbocycles. The molecule has 0 aliphatic heterocycles. The van der Waals surface area contributed by atoms with Crippen LogP contribution in [0.2, 0.25) is 0 Å². The number of rotatable bonds is 10. The molecule has 2 rings (SSSR count). The van der Waals surface area contributed by atoms with Crippen molar-refractivity contribution in [1.29, 1.82) is 0 Å². The Morgan fingerprint density at radius 1 is 0.541 bits per heavy atom. The van der Waals surface area contributed by atoms with Gasteiger partial charge in [0.25, 0.3) is 0 Å². The van der Waals surface area contributed by atoms with Crippen LogP contribution in [0.1, 0.15) is 66.5 Å². The van der Waals surface area contributed by atoms with Crippen LogP contribution < -0.4 is 24.8 Å². The van der Waals surface area contributed by atoms with Crippen molar-refractivity contribution in [2.45, 2.75) is 90.9 Å². The zero-order valence-corrected chi connectivity index (χ0v) is 27.7. The van der Waals surface area contributed by atoms with E-state index in [1.807, 2.05) is 24.3 Å². The van der Waals surface area contributed by atoms with Gasteiger partial charge in [0.1, 0.15) is 11.6 Å². The fourth-order valence-electron chi connectivity index (χ4n) is 3.74. The molecule has 0 saturated heterocycles. The van der Waals surface area contributed by atoms with Crippen molar-refractivity contribution in [3.63, 3.8) is 0 Å². The molecular weight excluding hydrogens is 590 g/mol. The predicted molar refractivity (Wildman–Crippen MR) is 153 cm³/mol. The molecule has 0 aliphatic rings. The Balaban J connectivity index is -0.000000578. The first kappa shape index (κ1) is 41.2. The van der Waals surface area contributed by atoms with Crippen molar-refractivity contribution in [1.82, 2.24) is 0 Å². The van der Waals surface area contributed by atoms with Gasteiger partial charge in [-0.15, -0.1) is 0 Å². The summed E-state index contributed by atoms with van der Waals surface area (Å²) in [7, 11) is -0.0715. The molecule has 0 nitrogen and oxygen atoms in total. The minimum atomic E-state index is -0.163. The molecule has 0 radical (unpaired) electrons. The van der Waals surface area contributed by atoms with E-state index in [-0.39, 0.29) is 68.8 Å². The smallest absolute Gasteiger partial charge is 1.00 e. The molecule has 0 N–H and O–H groups in total. The fourth-order valence-corrected chi connectivity index (χ4v) is 8.20. The second-order valence-electron chi connectivity index (χ2n) is 9.70. The topological polar surface area (TPSA) is 0 Å². The van der Waals surface area contributed by atoms with Crippen LogP contribution >= 0.6 is 15.8 Å². The summed E-state index contributed by atoms with van der Waals surface area (Å²) in [6, 6.07) is 13.5. The van der Waals surface area contributed by atoms with E-state index in [1.165, 1.54) is 35.4 Å². The van der Waals surface area contributed by atoms with Crippen LogP contribution in [0.5, 0.6) is 0 Å². The second kappa shape index (κ2) is 22.5. The van der Waals surface area contributed by atoms with E-state index in [0.29, 0.717) is 0 Å². The molecule has 212 valence electrons. The van der Waals surface area contributed by atoms with E-state index >= 15 is 0 Å². The third-order valence-electron chi connectivity index (χ3n) is 5.47. The van der Waals surface area contributed by atoms with E-state index in [0.717, 1.165) is 35.5 Å². The van der Waals surface area contributed by atoms with Crippen molar-refractivity contribution in [2.24, 2.45) is 0 Å². The Hall–Kier alpha value is -0.286. The van der Waals surface area contributed by atoms with Crippen molar-refractivity contribution in [3.05, 3.63) is 95.1 Å². The van der Waals surface area contributed by atoms with E-state index in [4.69, 9.17) is 0 Å². The molecule has 0 aromatic heterocycles. The van der Waals surface area contributed by atoms with E-state index in [9.17, 15) is 8.78 Å². The van der Waals surface area contributed by atoms with Gasteiger partial charge >= 0.3 is 16.5 Å². The van der Waals surface area contributed by atoms with Gasteiger partial charge in [-0.2, -0.15) is 0 Å². The Labute approximate surface area is 250 Å². The molecule has 0 fully saturated rings. The minimum Gasteiger partial charge on any atom is -1.00 e. The SMILES string of the molecule is CC(C)P(C=CCc1ccc(F)cc1)C(C)C.CC(C)P(C=CCc1ccc(F)cc1)C(C)C.[Cl-].[Cl-].[Ni+2]. The van der Waals surface area contributed by atoms with Crippen LogP contribution in [0.15, 0.2) is 72.3 Å². The van der Waals surface area contributed by atoms with Gasteiger partial charge in [-0.3, -0.25) is 0 Å². The zero-order chi connectivity index (χ0) is 25.7. The van der Waals surface area contributed by atoms with Gasteiger partial charge < -0.3 is 24.8 Å². The minimum absolute atomic E-state index is 0. The maximum absolute atomic E-state index is 12.7. The monoisotopic (exact) mass is 632 g/mol. The third kappa shape index (κ3) is 17.8. The summed E-state index contributed by atoms with van der Waals surface area (Å²) in [6.45, 7) is 18.3. The zero-order valence-electron chi connectivity index (χ0n) is 23.4. The van der Waals surface area contributed by atoms with Crippen LogP contribution in [0.3, 0.4) is 0 Å². The van der Waals surface area contributed by atoms with Crippen molar-refractivity contribution < 1.29 is 50.1 Å². The molecule has 0 amide bonds. The van der Waals surface area contributed by atoms with Gasteiger partial charge in [0.05, 0.1) is 0 Å². The number of halogens is 4. The first-order chi connectivity index (χ1) is 16.0. The maximum Gasteiger partial charge on any atom is 2.00 e. The summed E-state index contributed by atoms with van der Waals surface area (Å²) in [5.41, 5.74) is 5.27. The quantitative estimate of drug-likeness (QED) is 0.270. The Morgan fingerprint density at radius 3 is 1.00 bits per heavy atom. The molecule has 2 aromatic rings. The molecule has 7 heteroatoms. The third-order valence-corrected chi connectivity index (χ3v) is 11.4. The van der Waals surface area contributed by atoms with E-state index in [2.05, 4.69) is 79.2 Å². The Kier molecular flexibility index (Phi) is 25.1. The van der Waals surface area contributed by atoms with Gasteiger partial charge in [0.15, 0.2) is 0 Å². The second-order valence-corrected chi connectivity index (χ2v) is 16.2. The average Bonchev–Trinajstić information content (AvgIpc) is 2.76. The van der Waals surface area contributed by atoms with Crippen LogP contribution in [0, 0.1) is 11.6 Å². The van der Waals surface area contributed by atoms with Crippen molar-refractivity contribution >= 4 is 15.8 Å². The molecule has 0 bridgehead atoms. The number of hydrogen-bond acceptors (Lipinski definition) is 0. The van der Waals surface area contributed by atoms with Gasteiger partial charge in [-0.25, -0.2) is 8.78 Å². The number of hydrogen-bond donors (Lipinski definition) is 0. The molecule has 37 heavy (non-hydrogen) atoms.